The minimum absolute atomic E-state index is 0.0437. The van der Waals surface area contributed by atoms with Crippen molar-refractivity contribution in [1.82, 2.24) is 9.55 Å². The van der Waals surface area contributed by atoms with Gasteiger partial charge in [-0.05, 0) is 30.9 Å². The highest BCUT2D eigenvalue weighted by Gasteiger charge is 2.29. The summed E-state index contributed by atoms with van der Waals surface area (Å²) < 4.78 is 2.00. The summed E-state index contributed by atoms with van der Waals surface area (Å²) in [7, 11) is 1.96. The quantitative estimate of drug-likeness (QED) is 0.888. The third kappa shape index (κ3) is 2.54. The topological polar surface area (TPSA) is 60.9 Å². The summed E-state index contributed by atoms with van der Waals surface area (Å²) >= 11 is 0. The number of benzene rings is 1. The number of carbonyl (C=O) groups is 1. The molecule has 19 heavy (non-hydrogen) atoms. The standard InChI is InChI=1S/C15H19N3O/c1-18-14-5-3-2-4-13(14)17-15(18)9-11(19)8-12(16)10-6-7-10/h2-5,10,12H,6-9,16H2,1H3. The lowest BCUT2D eigenvalue weighted by molar-refractivity contribution is -0.119. The third-order valence-electron chi connectivity index (χ3n) is 3.93. The van der Waals surface area contributed by atoms with Gasteiger partial charge in [0, 0.05) is 19.5 Å². The molecule has 0 saturated heterocycles. The minimum Gasteiger partial charge on any atom is -0.331 e. The largest absolute Gasteiger partial charge is 0.331 e. The number of aryl methyl sites for hydroxylation is 1. The fourth-order valence-corrected chi connectivity index (χ4v) is 2.56. The Morgan fingerprint density at radius 3 is 2.89 bits per heavy atom. The molecule has 1 saturated carbocycles. The molecule has 1 atom stereocenters. The molecular formula is C15H19N3O. The maximum Gasteiger partial charge on any atom is 0.141 e. The van der Waals surface area contributed by atoms with E-state index >= 15 is 0 Å². The molecule has 0 bridgehead atoms. The van der Waals surface area contributed by atoms with E-state index in [1.807, 2.05) is 35.9 Å². The first kappa shape index (κ1) is 12.4. The van der Waals surface area contributed by atoms with Gasteiger partial charge >= 0.3 is 0 Å². The highest BCUT2D eigenvalue weighted by molar-refractivity contribution is 5.83. The Morgan fingerprint density at radius 1 is 1.47 bits per heavy atom. The van der Waals surface area contributed by atoms with Crippen LogP contribution in [0.1, 0.15) is 25.1 Å². The molecule has 2 N–H and O–H groups in total. The molecule has 0 aliphatic heterocycles. The minimum atomic E-state index is 0.0437. The molecule has 1 aromatic carbocycles. The lowest BCUT2D eigenvalue weighted by Gasteiger charge is -2.08. The van der Waals surface area contributed by atoms with Crippen molar-refractivity contribution in [2.24, 2.45) is 18.7 Å². The van der Waals surface area contributed by atoms with Crippen LogP contribution in [0, 0.1) is 5.92 Å². The molecule has 1 unspecified atom stereocenters. The van der Waals surface area contributed by atoms with Gasteiger partial charge in [0.2, 0.25) is 0 Å². The van der Waals surface area contributed by atoms with Gasteiger partial charge in [-0.15, -0.1) is 0 Å². The number of hydrogen-bond acceptors (Lipinski definition) is 3. The number of Topliss-reactive ketones (excluding diaryl/α,β-unsaturated/α-hetero) is 1. The van der Waals surface area contributed by atoms with Crippen molar-refractivity contribution in [1.29, 1.82) is 0 Å². The van der Waals surface area contributed by atoms with Crippen LogP contribution in [0.5, 0.6) is 0 Å². The maximum absolute atomic E-state index is 12.1. The number of rotatable bonds is 5. The van der Waals surface area contributed by atoms with E-state index < -0.39 is 0 Å². The van der Waals surface area contributed by atoms with Crippen molar-refractivity contribution in [2.45, 2.75) is 31.7 Å². The predicted molar refractivity (Wildman–Crippen MR) is 74.7 cm³/mol. The van der Waals surface area contributed by atoms with Gasteiger partial charge in [0.15, 0.2) is 0 Å². The van der Waals surface area contributed by atoms with Crippen LogP contribution < -0.4 is 5.73 Å². The first-order chi connectivity index (χ1) is 9.15. The fraction of sp³-hybridized carbons (Fsp3) is 0.467. The molecule has 0 radical (unpaired) electrons. The second kappa shape index (κ2) is 4.78. The molecule has 2 aromatic rings. The van der Waals surface area contributed by atoms with E-state index in [1.54, 1.807) is 0 Å². The fourth-order valence-electron chi connectivity index (χ4n) is 2.56. The van der Waals surface area contributed by atoms with Gasteiger partial charge in [0.25, 0.3) is 0 Å². The number of para-hydroxylation sites is 2. The summed E-state index contributed by atoms with van der Waals surface area (Å²) in [4.78, 5) is 16.6. The molecule has 1 heterocycles. The molecule has 1 aliphatic carbocycles. The molecular weight excluding hydrogens is 238 g/mol. The predicted octanol–water partition coefficient (Wildman–Crippen LogP) is 1.81. The summed E-state index contributed by atoms with van der Waals surface area (Å²) in [5.74, 6) is 1.59. The van der Waals surface area contributed by atoms with Crippen molar-refractivity contribution in [3.05, 3.63) is 30.1 Å². The molecule has 0 spiro atoms. The molecule has 1 aromatic heterocycles. The van der Waals surface area contributed by atoms with Crippen LogP contribution in [-0.2, 0) is 18.3 Å². The number of ketones is 1. The molecule has 1 fully saturated rings. The highest BCUT2D eigenvalue weighted by atomic mass is 16.1. The van der Waals surface area contributed by atoms with E-state index in [4.69, 9.17) is 5.73 Å². The van der Waals surface area contributed by atoms with Crippen LogP contribution in [0.2, 0.25) is 0 Å². The first-order valence-electron chi connectivity index (χ1n) is 6.83. The van der Waals surface area contributed by atoms with E-state index in [-0.39, 0.29) is 11.8 Å². The number of aromatic nitrogens is 2. The summed E-state index contributed by atoms with van der Waals surface area (Å²) in [5.41, 5.74) is 8.01. The van der Waals surface area contributed by atoms with Gasteiger partial charge in [-0.1, -0.05) is 12.1 Å². The summed E-state index contributed by atoms with van der Waals surface area (Å²) in [6, 6.07) is 7.98. The number of nitrogens with zero attached hydrogens (tertiary/aromatic N) is 2. The van der Waals surface area contributed by atoms with Gasteiger partial charge in [-0.2, -0.15) is 0 Å². The molecule has 0 amide bonds. The van der Waals surface area contributed by atoms with E-state index in [9.17, 15) is 4.79 Å². The summed E-state index contributed by atoms with van der Waals surface area (Å²) in [6.45, 7) is 0. The Balaban J connectivity index is 1.73. The first-order valence-corrected chi connectivity index (χ1v) is 6.83. The van der Waals surface area contributed by atoms with E-state index in [0.29, 0.717) is 18.8 Å². The SMILES string of the molecule is Cn1c(CC(=O)CC(N)C2CC2)nc2ccccc21. The number of imidazole rings is 1. The van der Waals surface area contributed by atoms with Gasteiger partial charge < -0.3 is 10.3 Å². The lowest BCUT2D eigenvalue weighted by Crippen LogP contribution is -2.27. The number of nitrogens with two attached hydrogens (primary N) is 1. The van der Waals surface area contributed by atoms with Crippen molar-refractivity contribution in [2.75, 3.05) is 0 Å². The van der Waals surface area contributed by atoms with Gasteiger partial charge in [-0.25, -0.2) is 4.98 Å². The highest BCUT2D eigenvalue weighted by Crippen LogP contribution is 2.33. The van der Waals surface area contributed by atoms with Crippen LogP contribution in [0.15, 0.2) is 24.3 Å². The van der Waals surface area contributed by atoms with Crippen LogP contribution in [0.4, 0.5) is 0 Å². The second-order valence-corrected chi connectivity index (χ2v) is 5.50. The zero-order valence-electron chi connectivity index (χ0n) is 11.2. The van der Waals surface area contributed by atoms with E-state index in [0.717, 1.165) is 16.9 Å². The second-order valence-electron chi connectivity index (χ2n) is 5.50. The van der Waals surface area contributed by atoms with Crippen LogP contribution in [0.3, 0.4) is 0 Å². The van der Waals surface area contributed by atoms with Crippen molar-refractivity contribution >= 4 is 16.8 Å². The summed E-state index contributed by atoms with van der Waals surface area (Å²) in [5, 5.41) is 0. The normalized spacial score (nSPS) is 16.7. The number of fused-ring (bicyclic) bond motifs is 1. The van der Waals surface area contributed by atoms with Crippen molar-refractivity contribution in [3.63, 3.8) is 0 Å². The Bertz CT molecular complexity index is 613. The average molecular weight is 257 g/mol. The molecule has 4 nitrogen and oxygen atoms in total. The Labute approximate surface area is 112 Å². The van der Waals surface area contributed by atoms with E-state index in [1.165, 1.54) is 12.8 Å². The zero-order chi connectivity index (χ0) is 13.4. The van der Waals surface area contributed by atoms with Gasteiger partial charge in [0.05, 0.1) is 17.5 Å². The molecule has 3 rings (SSSR count). The van der Waals surface area contributed by atoms with Crippen molar-refractivity contribution in [3.8, 4) is 0 Å². The van der Waals surface area contributed by atoms with E-state index in [2.05, 4.69) is 4.98 Å². The third-order valence-corrected chi connectivity index (χ3v) is 3.93. The Morgan fingerprint density at radius 2 is 2.21 bits per heavy atom. The van der Waals surface area contributed by atoms with Gasteiger partial charge in [0.1, 0.15) is 11.6 Å². The number of carbonyl (C=O) groups excluding carboxylic acids is 1. The number of hydrogen-bond donors (Lipinski definition) is 1. The zero-order valence-corrected chi connectivity index (χ0v) is 11.2. The monoisotopic (exact) mass is 257 g/mol. The average Bonchev–Trinajstić information content (AvgIpc) is 3.18. The van der Waals surface area contributed by atoms with Crippen LogP contribution >= 0.6 is 0 Å². The Kier molecular flexibility index (Phi) is 3.11. The molecule has 1 aliphatic rings. The van der Waals surface area contributed by atoms with Crippen LogP contribution in [0.25, 0.3) is 11.0 Å². The molecule has 4 heteroatoms. The Hall–Kier alpha value is -1.68. The smallest absolute Gasteiger partial charge is 0.141 e. The lowest BCUT2D eigenvalue weighted by atomic mass is 10.0. The summed E-state index contributed by atoms with van der Waals surface area (Å²) in [6.07, 6.45) is 3.22. The van der Waals surface area contributed by atoms with Gasteiger partial charge in [-0.3, -0.25) is 4.79 Å². The maximum atomic E-state index is 12.1. The van der Waals surface area contributed by atoms with Crippen LogP contribution in [-0.4, -0.2) is 21.4 Å². The van der Waals surface area contributed by atoms with Crippen molar-refractivity contribution < 1.29 is 4.79 Å². The molecule has 100 valence electrons.